The third kappa shape index (κ3) is 4.27. The number of benzene rings is 2. The van der Waals surface area contributed by atoms with Crippen LogP contribution in [0.2, 0.25) is 0 Å². The van der Waals surface area contributed by atoms with E-state index in [1.54, 1.807) is 24.3 Å². The van der Waals surface area contributed by atoms with Crippen molar-refractivity contribution in [1.82, 2.24) is 9.62 Å². The number of halogens is 1. The van der Waals surface area contributed by atoms with Crippen LogP contribution >= 0.6 is 0 Å². The van der Waals surface area contributed by atoms with Gasteiger partial charge in [0.1, 0.15) is 5.82 Å². The summed E-state index contributed by atoms with van der Waals surface area (Å²) in [5.74, 6) is -0.303. The van der Waals surface area contributed by atoms with Crippen molar-refractivity contribution in [2.24, 2.45) is 0 Å². The van der Waals surface area contributed by atoms with Crippen molar-refractivity contribution < 1.29 is 17.5 Å². The molecule has 0 bridgehead atoms. The van der Waals surface area contributed by atoms with Crippen molar-refractivity contribution in [3.8, 4) is 0 Å². The Morgan fingerprint density at radius 3 is 2.50 bits per heavy atom. The summed E-state index contributed by atoms with van der Waals surface area (Å²) in [5, 5.41) is 0. The molecule has 2 aliphatic rings. The molecule has 2 aromatic carbocycles. The standard InChI is InChI=1S/C21H25FN2O3S/c22-19-7-4-17(5-8-19)21(24-10-12-27-13-11-24)15-23-28(25,26)20-9-6-16-2-1-3-18(16)14-20/h4-9,14,21,23H,1-3,10-13,15H2. The summed E-state index contributed by atoms with van der Waals surface area (Å²) in [6, 6.07) is 11.5. The molecular weight excluding hydrogens is 379 g/mol. The first-order valence-corrected chi connectivity index (χ1v) is 11.2. The van der Waals surface area contributed by atoms with Gasteiger partial charge >= 0.3 is 0 Å². The summed E-state index contributed by atoms with van der Waals surface area (Å²) in [7, 11) is -3.61. The van der Waals surface area contributed by atoms with Crippen molar-refractivity contribution in [3.63, 3.8) is 0 Å². The van der Waals surface area contributed by atoms with Gasteiger partial charge < -0.3 is 4.74 Å². The predicted molar refractivity (Wildman–Crippen MR) is 105 cm³/mol. The number of morpholine rings is 1. The third-order valence-corrected chi connectivity index (χ3v) is 7.01. The van der Waals surface area contributed by atoms with Crippen LogP contribution in [0, 0.1) is 5.82 Å². The van der Waals surface area contributed by atoms with Crippen LogP contribution in [0.25, 0.3) is 0 Å². The number of sulfonamides is 1. The number of nitrogens with zero attached hydrogens (tertiary/aromatic N) is 1. The second kappa shape index (κ2) is 8.29. The van der Waals surface area contributed by atoms with E-state index in [1.807, 2.05) is 6.07 Å². The molecule has 7 heteroatoms. The molecule has 0 spiro atoms. The molecule has 0 saturated carbocycles. The summed E-state index contributed by atoms with van der Waals surface area (Å²) >= 11 is 0. The first-order chi connectivity index (χ1) is 13.5. The minimum absolute atomic E-state index is 0.172. The van der Waals surface area contributed by atoms with Crippen LogP contribution in [0.5, 0.6) is 0 Å². The lowest BCUT2D eigenvalue weighted by atomic mass is 10.0. The average Bonchev–Trinajstić information content (AvgIpc) is 3.18. The lowest BCUT2D eigenvalue weighted by Crippen LogP contribution is -2.43. The van der Waals surface area contributed by atoms with Crippen molar-refractivity contribution in [3.05, 3.63) is 65.0 Å². The second-order valence-electron chi connectivity index (χ2n) is 7.35. The highest BCUT2D eigenvalue weighted by Gasteiger charge is 2.26. The first-order valence-electron chi connectivity index (χ1n) is 9.72. The molecule has 1 unspecified atom stereocenters. The highest BCUT2D eigenvalue weighted by molar-refractivity contribution is 7.89. The molecule has 1 heterocycles. The highest BCUT2D eigenvalue weighted by Crippen LogP contribution is 2.26. The van der Waals surface area contributed by atoms with Crippen molar-refractivity contribution in [2.75, 3.05) is 32.8 Å². The van der Waals surface area contributed by atoms with Crippen molar-refractivity contribution >= 4 is 10.0 Å². The van der Waals surface area contributed by atoms with Gasteiger partial charge in [0.15, 0.2) is 0 Å². The number of hydrogen-bond donors (Lipinski definition) is 1. The zero-order chi connectivity index (χ0) is 19.6. The first kappa shape index (κ1) is 19.5. The van der Waals surface area contributed by atoms with Crippen LogP contribution in [0.15, 0.2) is 47.4 Å². The van der Waals surface area contributed by atoms with E-state index in [1.165, 1.54) is 17.7 Å². The quantitative estimate of drug-likeness (QED) is 0.804. The molecule has 1 saturated heterocycles. The Morgan fingerprint density at radius 1 is 1.04 bits per heavy atom. The average molecular weight is 405 g/mol. The summed E-state index contributed by atoms with van der Waals surface area (Å²) < 4.78 is 47.3. The van der Waals surface area contributed by atoms with Crippen LogP contribution in [-0.2, 0) is 27.6 Å². The minimum Gasteiger partial charge on any atom is -0.379 e. The summed E-state index contributed by atoms with van der Waals surface area (Å²) in [6.45, 7) is 2.86. The van der Waals surface area contributed by atoms with E-state index in [-0.39, 0.29) is 18.4 Å². The van der Waals surface area contributed by atoms with Crippen LogP contribution in [-0.4, -0.2) is 46.2 Å². The SMILES string of the molecule is O=S(=O)(NCC(c1ccc(F)cc1)N1CCOCC1)c1ccc2c(c1)CCC2. The zero-order valence-corrected chi connectivity index (χ0v) is 16.6. The summed E-state index contributed by atoms with van der Waals surface area (Å²) in [5.41, 5.74) is 3.27. The van der Waals surface area contributed by atoms with Crippen LogP contribution in [0.1, 0.15) is 29.2 Å². The fourth-order valence-electron chi connectivity index (χ4n) is 4.02. The third-order valence-electron chi connectivity index (χ3n) is 5.59. The number of nitrogens with one attached hydrogen (secondary N) is 1. The maximum atomic E-state index is 13.4. The van der Waals surface area contributed by atoms with Gasteiger partial charge in [0.25, 0.3) is 0 Å². The van der Waals surface area contributed by atoms with Gasteiger partial charge in [-0.2, -0.15) is 0 Å². The largest absolute Gasteiger partial charge is 0.379 e. The summed E-state index contributed by atoms with van der Waals surface area (Å²) in [4.78, 5) is 2.50. The van der Waals surface area contributed by atoms with Gasteiger partial charge in [-0.15, -0.1) is 0 Å². The Labute approximate surface area is 165 Å². The lowest BCUT2D eigenvalue weighted by molar-refractivity contribution is 0.0172. The molecule has 4 rings (SSSR count). The lowest BCUT2D eigenvalue weighted by Gasteiger charge is -2.34. The number of ether oxygens (including phenoxy) is 1. The van der Waals surface area contributed by atoms with Gasteiger partial charge in [-0.05, 0) is 60.2 Å². The maximum absolute atomic E-state index is 13.4. The van der Waals surface area contributed by atoms with Gasteiger partial charge in [0.2, 0.25) is 10.0 Å². The van der Waals surface area contributed by atoms with Crippen LogP contribution in [0.3, 0.4) is 0 Å². The molecule has 0 amide bonds. The monoisotopic (exact) mass is 404 g/mol. The Balaban J connectivity index is 1.53. The number of hydrogen-bond acceptors (Lipinski definition) is 4. The molecule has 1 N–H and O–H groups in total. The molecule has 2 aromatic rings. The Bertz CT molecular complexity index is 925. The van der Waals surface area contributed by atoms with Crippen molar-refractivity contribution in [1.29, 1.82) is 0 Å². The Hall–Kier alpha value is -1.80. The van der Waals surface area contributed by atoms with E-state index in [0.29, 0.717) is 31.2 Å². The summed E-state index contributed by atoms with van der Waals surface area (Å²) in [6.07, 6.45) is 3.04. The molecule has 1 fully saturated rings. The fourth-order valence-corrected chi connectivity index (χ4v) is 5.11. The molecule has 0 aromatic heterocycles. The number of rotatable bonds is 6. The van der Waals surface area contributed by atoms with E-state index in [0.717, 1.165) is 30.4 Å². The number of aryl methyl sites for hydroxylation is 2. The maximum Gasteiger partial charge on any atom is 0.240 e. The molecule has 1 aliphatic carbocycles. The molecule has 150 valence electrons. The molecule has 28 heavy (non-hydrogen) atoms. The van der Waals surface area contributed by atoms with Gasteiger partial charge in [0.05, 0.1) is 18.1 Å². The van der Waals surface area contributed by atoms with E-state index >= 15 is 0 Å². The highest BCUT2D eigenvalue weighted by atomic mass is 32.2. The Morgan fingerprint density at radius 2 is 1.75 bits per heavy atom. The second-order valence-corrected chi connectivity index (χ2v) is 9.12. The van der Waals surface area contributed by atoms with E-state index in [4.69, 9.17) is 4.74 Å². The predicted octanol–water partition coefficient (Wildman–Crippen LogP) is 2.67. The fraction of sp³-hybridized carbons (Fsp3) is 0.429. The topological polar surface area (TPSA) is 58.6 Å². The molecular formula is C21H25FN2O3S. The van der Waals surface area contributed by atoms with Crippen molar-refractivity contribution in [2.45, 2.75) is 30.2 Å². The molecule has 1 aliphatic heterocycles. The molecule has 5 nitrogen and oxygen atoms in total. The van der Waals surface area contributed by atoms with Gasteiger partial charge in [-0.3, -0.25) is 4.90 Å². The van der Waals surface area contributed by atoms with Crippen LogP contribution < -0.4 is 4.72 Å². The van der Waals surface area contributed by atoms with Gasteiger partial charge in [-0.25, -0.2) is 17.5 Å². The van der Waals surface area contributed by atoms with Gasteiger partial charge in [0, 0.05) is 25.7 Å². The molecule has 0 radical (unpaired) electrons. The normalized spacial score (nSPS) is 18.8. The number of fused-ring (bicyclic) bond motifs is 1. The van der Waals surface area contributed by atoms with E-state index in [9.17, 15) is 12.8 Å². The Kier molecular flexibility index (Phi) is 5.78. The van der Waals surface area contributed by atoms with E-state index < -0.39 is 10.0 Å². The van der Waals surface area contributed by atoms with Gasteiger partial charge in [-0.1, -0.05) is 18.2 Å². The minimum atomic E-state index is -3.61. The zero-order valence-electron chi connectivity index (χ0n) is 15.7. The van der Waals surface area contributed by atoms with E-state index in [2.05, 4.69) is 9.62 Å². The van der Waals surface area contributed by atoms with Crippen LogP contribution in [0.4, 0.5) is 4.39 Å². The molecule has 1 atom stereocenters. The smallest absolute Gasteiger partial charge is 0.240 e.